The van der Waals surface area contributed by atoms with E-state index in [4.69, 9.17) is 4.98 Å². The van der Waals surface area contributed by atoms with Crippen molar-refractivity contribution in [1.29, 1.82) is 5.26 Å². The van der Waals surface area contributed by atoms with Crippen molar-refractivity contribution < 1.29 is 4.79 Å². The molecule has 0 aromatic carbocycles. The van der Waals surface area contributed by atoms with Crippen LogP contribution in [0.15, 0.2) is 61.6 Å². The molecule has 6 heterocycles. The number of piperazine rings is 1. The van der Waals surface area contributed by atoms with Gasteiger partial charge in [-0.3, -0.25) is 14.5 Å². The average molecular weight is 505 g/mol. The first-order chi connectivity index (χ1) is 18.5. The molecule has 1 aliphatic rings. The Kier molecular flexibility index (Phi) is 5.76. The van der Waals surface area contributed by atoms with Crippen LogP contribution in [0.25, 0.3) is 27.8 Å². The fraction of sp³-hybridized carbons (Fsp3) is 0.222. The van der Waals surface area contributed by atoms with Gasteiger partial charge in [-0.1, -0.05) is 0 Å². The van der Waals surface area contributed by atoms with Crippen LogP contribution in [-0.2, 0) is 7.05 Å². The number of carbonyl (C=O) groups is 1. The molecule has 5 aromatic heterocycles. The van der Waals surface area contributed by atoms with Crippen LogP contribution in [-0.4, -0.2) is 71.3 Å². The van der Waals surface area contributed by atoms with Crippen LogP contribution in [0.1, 0.15) is 21.7 Å². The van der Waals surface area contributed by atoms with Gasteiger partial charge in [0.25, 0.3) is 5.91 Å². The van der Waals surface area contributed by atoms with E-state index in [0.29, 0.717) is 37.4 Å². The predicted molar refractivity (Wildman–Crippen MR) is 140 cm³/mol. The van der Waals surface area contributed by atoms with Crippen LogP contribution >= 0.6 is 0 Å². The zero-order valence-corrected chi connectivity index (χ0v) is 21.0. The smallest absolute Gasteiger partial charge is 0.274 e. The molecule has 0 bridgehead atoms. The molecule has 0 unspecified atom stereocenters. The Hall–Kier alpha value is -5.11. The van der Waals surface area contributed by atoms with Crippen molar-refractivity contribution in [2.24, 2.45) is 7.05 Å². The van der Waals surface area contributed by atoms with Gasteiger partial charge in [0.1, 0.15) is 17.6 Å². The van der Waals surface area contributed by atoms with Gasteiger partial charge < -0.3 is 9.80 Å². The topological polar surface area (TPSA) is 121 Å². The highest BCUT2D eigenvalue weighted by molar-refractivity contribution is 5.92. The maximum atomic E-state index is 12.8. The Morgan fingerprint density at radius 3 is 2.39 bits per heavy atom. The second-order valence-electron chi connectivity index (χ2n) is 9.24. The summed E-state index contributed by atoms with van der Waals surface area (Å²) in [5.74, 6) is 0.733. The maximum Gasteiger partial charge on any atom is 0.274 e. The monoisotopic (exact) mass is 504 g/mol. The second-order valence-corrected chi connectivity index (χ2v) is 9.24. The lowest BCUT2D eigenvalue weighted by atomic mass is 10.0. The molecule has 1 amide bonds. The molecule has 0 N–H and O–H groups in total. The number of nitrogens with zero attached hydrogens (tertiary/aromatic N) is 10. The first-order valence-corrected chi connectivity index (χ1v) is 12.2. The number of nitriles is 1. The number of aromatic nitrogens is 7. The number of hydrogen-bond donors (Lipinski definition) is 0. The molecule has 1 saturated heterocycles. The Morgan fingerprint density at radius 1 is 0.895 bits per heavy atom. The van der Waals surface area contributed by atoms with Crippen molar-refractivity contribution in [2.75, 3.05) is 31.1 Å². The molecule has 11 heteroatoms. The summed E-state index contributed by atoms with van der Waals surface area (Å²) in [6.45, 7) is 4.33. The number of aryl methyl sites for hydroxylation is 2. The van der Waals surface area contributed by atoms with Gasteiger partial charge in [0.05, 0.1) is 35.4 Å². The Labute approximate surface area is 218 Å². The largest absolute Gasteiger partial charge is 0.353 e. The summed E-state index contributed by atoms with van der Waals surface area (Å²) in [5, 5.41) is 18.4. The van der Waals surface area contributed by atoms with Gasteiger partial charge in [0.2, 0.25) is 0 Å². The minimum Gasteiger partial charge on any atom is -0.353 e. The zero-order chi connectivity index (χ0) is 26.2. The molecule has 1 aliphatic heterocycles. The summed E-state index contributed by atoms with van der Waals surface area (Å²) in [4.78, 5) is 29.9. The molecule has 0 radical (unpaired) electrons. The lowest BCUT2D eigenvalue weighted by molar-refractivity contribution is 0.0740. The SMILES string of the molecule is Cc1cnc(C(=O)N2CCN(c3ccc(-c4cc(-c5cnn(C)c5)cn5ncc(C#N)c45)cn3)CC2)cn1. The molecule has 188 valence electrons. The quantitative estimate of drug-likeness (QED) is 0.366. The van der Waals surface area contributed by atoms with Crippen LogP contribution in [0.4, 0.5) is 5.82 Å². The highest BCUT2D eigenvalue weighted by Crippen LogP contribution is 2.32. The third-order valence-electron chi connectivity index (χ3n) is 6.72. The number of hydrogen-bond acceptors (Lipinski definition) is 8. The fourth-order valence-corrected chi connectivity index (χ4v) is 4.69. The van der Waals surface area contributed by atoms with E-state index in [-0.39, 0.29) is 5.91 Å². The van der Waals surface area contributed by atoms with Gasteiger partial charge >= 0.3 is 0 Å². The first-order valence-electron chi connectivity index (χ1n) is 12.2. The molecule has 0 spiro atoms. The minimum absolute atomic E-state index is 0.105. The molecule has 0 atom stereocenters. The Morgan fingerprint density at radius 2 is 1.74 bits per heavy atom. The number of anilines is 1. The molecule has 38 heavy (non-hydrogen) atoms. The number of fused-ring (bicyclic) bond motifs is 1. The zero-order valence-electron chi connectivity index (χ0n) is 21.0. The summed E-state index contributed by atoms with van der Waals surface area (Å²) in [6.07, 6.45) is 12.2. The highest BCUT2D eigenvalue weighted by Gasteiger charge is 2.24. The van der Waals surface area contributed by atoms with Crippen molar-refractivity contribution in [2.45, 2.75) is 6.92 Å². The van der Waals surface area contributed by atoms with E-state index in [1.54, 1.807) is 32.7 Å². The van der Waals surface area contributed by atoms with Crippen LogP contribution in [0, 0.1) is 18.3 Å². The van der Waals surface area contributed by atoms with Crippen molar-refractivity contribution in [3.8, 4) is 28.3 Å². The summed E-state index contributed by atoms with van der Waals surface area (Å²) in [6, 6.07) is 8.28. The maximum absolute atomic E-state index is 12.8. The van der Waals surface area contributed by atoms with Gasteiger partial charge in [-0.2, -0.15) is 15.5 Å². The summed E-state index contributed by atoms with van der Waals surface area (Å²) in [7, 11) is 1.87. The van der Waals surface area contributed by atoms with Crippen molar-refractivity contribution in [3.05, 3.63) is 78.5 Å². The van der Waals surface area contributed by atoms with E-state index in [9.17, 15) is 10.1 Å². The molecular formula is C27H24N10O. The third kappa shape index (κ3) is 4.22. The number of pyridine rings is 2. The van der Waals surface area contributed by atoms with Crippen molar-refractivity contribution >= 4 is 17.2 Å². The van der Waals surface area contributed by atoms with Crippen LogP contribution in [0.5, 0.6) is 0 Å². The molecule has 0 saturated carbocycles. The number of rotatable bonds is 4. The highest BCUT2D eigenvalue weighted by atomic mass is 16.2. The molecule has 0 aliphatic carbocycles. The van der Waals surface area contributed by atoms with E-state index in [1.807, 2.05) is 50.8 Å². The number of amides is 1. The normalized spacial score (nSPS) is 13.6. The fourth-order valence-electron chi connectivity index (χ4n) is 4.69. The van der Waals surface area contributed by atoms with Crippen LogP contribution < -0.4 is 4.90 Å². The van der Waals surface area contributed by atoms with E-state index in [2.05, 4.69) is 31.1 Å². The molecular weight excluding hydrogens is 480 g/mol. The van der Waals surface area contributed by atoms with E-state index in [1.165, 1.54) is 6.20 Å². The van der Waals surface area contributed by atoms with Gasteiger partial charge in [-0.15, -0.1) is 0 Å². The molecule has 11 nitrogen and oxygen atoms in total. The van der Waals surface area contributed by atoms with Crippen molar-refractivity contribution in [3.63, 3.8) is 0 Å². The molecule has 6 rings (SSSR count). The second kappa shape index (κ2) is 9.40. The van der Waals surface area contributed by atoms with E-state index >= 15 is 0 Å². The summed E-state index contributed by atoms with van der Waals surface area (Å²) >= 11 is 0. The first kappa shape index (κ1) is 23.3. The van der Waals surface area contributed by atoms with E-state index in [0.717, 1.165) is 39.3 Å². The lowest BCUT2D eigenvalue weighted by Gasteiger charge is -2.35. The van der Waals surface area contributed by atoms with E-state index < -0.39 is 0 Å². The van der Waals surface area contributed by atoms with Crippen molar-refractivity contribution in [1.82, 2.24) is 39.2 Å². The predicted octanol–water partition coefficient (Wildman–Crippen LogP) is 2.73. The standard InChI is InChI=1S/C27H24N10O/c1-18-11-30-24(15-29-18)27(38)36-7-5-35(6-8-36)25-4-3-19(12-31-25)23-9-20(22-14-32-34(2)16-22)17-37-26(23)21(10-28)13-33-37/h3-4,9,11-17H,5-8H2,1-2H3. The van der Waals surface area contributed by atoms with Gasteiger partial charge in [0, 0.05) is 80.3 Å². The minimum atomic E-state index is -0.105. The summed E-state index contributed by atoms with van der Waals surface area (Å²) < 4.78 is 3.49. The summed E-state index contributed by atoms with van der Waals surface area (Å²) in [5.41, 5.74) is 6.03. The Bertz CT molecular complexity index is 1670. The molecule has 1 fully saturated rings. The van der Waals surface area contributed by atoms with Gasteiger partial charge in [0.15, 0.2) is 0 Å². The third-order valence-corrected chi connectivity index (χ3v) is 6.72. The lowest BCUT2D eigenvalue weighted by Crippen LogP contribution is -2.49. The van der Waals surface area contributed by atoms with Crippen LogP contribution in [0.3, 0.4) is 0 Å². The van der Waals surface area contributed by atoms with Crippen LogP contribution in [0.2, 0.25) is 0 Å². The molecule has 5 aromatic rings. The van der Waals surface area contributed by atoms with Gasteiger partial charge in [-0.05, 0) is 25.1 Å². The average Bonchev–Trinajstić information content (AvgIpc) is 3.59. The number of carbonyl (C=O) groups excluding carboxylic acids is 1. The Balaban J connectivity index is 1.24. The van der Waals surface area contributed by atoms with Gasteiger partial charge in [-0.25, -0.2) is 14.5 Å².